The van der Waals surface area contributed by atoms with E-state index < -0.39 is 0 Å². The smallest absolute Gasteiger partial charge is 0.191 e. The van der Waals surface area contributed by atoms with Gasteiger partial charge in [-0.3, -0.25) is 9.67 Å². The number of rotatable bonds is 9. The minimum Gasteiger partial charge on any atom is -0.357 e. The van der Waals surface area contributed by atoms with E-state index in [0.29, 0.717) is 0 Å². The van der Waals surface area contributed by atoms with Crippen molar-refractivity contribution in [3.8, 4) is 0 Å². The maximum Gasteiger partial charge on any atom is 0.191 e. The zero-order valence-electron chi connectivity index (χ0n) is 14.7. The van der Waals surface area contributed by atoms with E-state index >= 15 is 0 Å². The molecular formula is C17H32N6. The highest BCUT2D eigenvalue weighted by atomic mass is 15.3. The van der Waals surface area contributed by atoms with Crippen LogP contribution in [0.1, 0.15) is 39.0 Å². The molecule has 1 aromatic rings. The van der Waals surface area contributed by atoms with Crippen molar-refractivity contribution in [1.82, 2.24) is 25.3 Å². The molecule has 0 unspecified atom stereocenters. The fourth-order valence-corrected chi connectivity index (χ4v) is 3.08. The minimum absolute atomic E-state index is 0.783. The molecule has 0 amide bonds. The van der Waals surface area contributed by atoms with E-state index in [2.05, 4.69) is 39.6 Å². The molecule has 1 saturated carbocycles. The lowest BCUT2D eigenvalue weighted by molar-refractivity contribution is 0.249. The third kappa shape index (κ3) is 6.60. The molecule has 0 aromatic carbocycles. The molecule has 6 heteroatoms. The Labute approximate surface area is 140 Å². The highest BCUT2D eigenvalue weighted by Crippen LogP contribution is 2.21. The molecule has 23 heavy (non-hydrogen) atoms. The summed E-state index contributed by atoms with van der Waals surface area (Å²) in [6.07, 6.45) is 10.3. The number of nitrogens with one attached hydrogen (secondary N) is 2. The van der Waals surface area contributed by atoms with Gasteiger partial charge in [0.25, 0.3) is 0 Å². The van der Waals surface area contributed by atoms with Crippen molar-refractivity contribution in [2.45, 2.75) is 51.6 Å². The summed E-state index contributed by atoms with van der Waals surface area (Å²) >= 11 is 0. The van der Waals surface area contributed by atoms with Crippen LogP contribution in [0.15, 0.2) is 23.5 Å². The van der Waals surface area contributed by atoms with Crippen LogP contribution in [0.3, 0.4) is 0 Å². The van der Waals surface area contributed by atoms with E-state index in [1.807, 2.05) is 23.1 Å². The lowest BCUT2D eigenvalue weighted by Crippen LogP contribution is -2.42. The van der Waals surface area contributed by atoms with E-state index in [4.69, 9.17) is 0 Å². The van der Waals surface area contributed by atoms with Gasteiger partial charge in [-0.2, -0.15) is 5.10 Å². The van der Waals surface area contributed by atoms with Crippen LogP contribution in [-0.4, -0.2) is 59.9 Å². The van der Waals surface area contributed by atoms with Crippen molar-refractivity contribution in [3.63, 3.8) is 0 Å². The number of aliphatic imine (C=N–C) groups is 1. The first kappa shape index (κ1) is 17.8. The van der Waals surface area contributed by atoms with Gasteiger partial charge < -0.3 is 15.5 Å². The van der Waals surface area contributed by atoms with Gasteiger partial charge in [-0.1, -0.05) is 12.8 Å². The number of hydrogen-bond acceptors (Lipinski definition) is 3. The molecule has 0 saturated heterocycles. The Balaban J connectivity index is 1.64. The lowest BCUT2D eigenvalue weighted by atomic mass is 10.2. The highest BCUT2D eigenvalue weighted by molar-refractivity contribution is 5.79. The van der Waals surface area contributed by atoms with E-state index in [0.717, 1.165) is 51.1 Å². The van der Waals surface area contributed by atoms with E-state index in [9.17, 15) is 0 Å². The van der Waals surface area contributed by atoms with E-state index in [1.54, 1.807) is 0 Å². The van der Waals surface area contributed by atoms with Gasteiger partial charge in [0.05, 0.1) is 0 Å². The zero-order valence-corrected chi connectivity index (χ0v) is 14.7. The SMILES string of the molecule is CCNC(=NCCCn1cccn1)NCCN(C)C1CCCC1. The van der Waals surface area contributed by atoms with Crippen molar-refractivity contribution < 1.29 is 0 Å². The normalized spacial score (nSPS) is 16.2. The van der Waals surface area contributed by atoms with Crippen LogP contribution in [0.5, 0.6) is 0 Å². The van der Waals surface area contributed by atoms with Gasteiger partial charge in [-0.15, -0.1) is 0 Å². The van der Waals surface area contributed by atoms with Crippen molar-refractivity contribution >= 4 is 5.96 Å². The molecule has 1 aliphatic rings. The number of aryl methyl sites for hydroxylation is 1. The van der Waals surface area contributed by atoms with Crippen LogP contribution in [0.4, 0.5) is 0 Å². The summed E-state index contributed by atoms with van der Waals surface area (Å²) in [6, 6.07) is 2.74. The molecule has 2 N–H and O–H groups in total. The van der Waals surface area contributed by atoms with Crippen LogP contribution in [0, 0.1) is 0 Å². The molecule has 1 heterocycles. The first-order chi connectivity index (χ1) is 11.3. The molecule has 0 spiro atoms. The number of hydrogen-bond donors (Lipinski definition) is 2. The minimum atomic E-state index is 0.783. The molecule has 1 fully saturated rings. The monoisotopic (exact) mass is 320 g/mol. The quantitative estimate of drug-likeness (QED) is 0.413. The van der Waals surface area contributed by atoms with Crippen LogP contribution >= 0.6 is 0 Å². The first-order valence-electron chi connectivity index (χ1n) is 8.99. The zero-order chi connectivity index (χ0) is 16.3. The summed E-state index contributed by atoms with van der Waals surface area (Å²) in [5.41, 5.74) is 0. The molecule has 0 atom stereocenters. The summed E-state index contributed by atoms with van der Waals surface area (Å²) in [5, 5.41) is 11.0. The molecule has 0 radical (unpaired) electrons. The third-order valence-corrected chi connectivity index (χ3v) is 4.42. The lowest BCUT2D eigenvalue weighted by Gasteiger charge is -2.24. The Hall–Kier alpha value is -1.56. The number of aromatic nitrogens is 2. The van der Waals surface area contributed by atoms with Crippen LogP contribution in [0.2, 0.25) is 0 Å². The third-order valence-electron chi connectivity index (χ3n) is 4.42. The molecule has 130 valence electrons. The summed E-state index contributed by atoms with van der Waals surface area (Å²) in [6.45, 7) is 6.74. The summed E-state index contributed by atoms with van der Waals surface area (Å²) in [4.78, 5) is 7.13. The second kappa shape index (κ2) is 10.3. The molecular weight excluding hydrogens is 288 g/mol. The average Bonchev–Trinajstić information content (AvgIpc) is 3.24. The maximum atomic E-state index is 4.64. The molecule has 1 aliphatic carbocycles. The van der Waals surface area contributed by atoms with Gasteiger partial charge in [-0.25, -0.2) is 0 Å². The Bertz CT molecular complexity index is 436. The van der Waals surface area contributed by atoms with Gasteiger partial charge in [0.1, 0.15) is 0 Å². The van der Waals surface area contributed by atoms with Crippen LogP contribution in [0.25, 0.3) is 0 Å². The van der Waals surface area contributed by atoms with E-state index in [-0.39, 0.29) is 0 Å². The van der Waals surface area contributed by atoms with E-state index in [1.165, 1.54) is 25.7 Å². The Morgan fingerprint density at radius 1 is 1.35 bits per heavy atom. The molecule has 0 bridgehead atoms. The molecule has 2 rings (SSSR count). The molecule has 0 aliphatic heterocycles. The Kier molecular flexibility index (Phi) is 7.93. The van der Waals surface area contributed by atoms with Crippen molar-refractivity contribution in [2.24, 2.45) is 4.99 Å². The average molecular weight is 320 g/mol. The topological polar surface area (TPSA) is 57.5 Å². The van der Waals surface area contributed by atoms with Gasteiger partial charge in [-0.05, 0) is 39.3 Å². The Morgan fingerprint density at radius 2 is 2.17 bits per heavy atom. The standard InChI is InChI=1S/C17H32N6/c1-3-18-17(19-10-6-13-23-14-7-11-21-23)20-12-15-22(2)16-8-4-5-9-16/h7,11,14,16H,3-6,8-10,12-13,15H2,1-2H3,(H2,18,19,20). The summed E-state index contributed by atoms with van der Waals surface area (Å²) in [7, 11) is 2.24. The largest absolute Gasteiger partial charge is 0.357 e. The predicted molar refractivity (Wildman–Crippen MR) is 95.7 cm³/mol. The molecule has 1 aromatic heterocycles. The fraction of sp³-hybridized carbons (Fsp3) is 0.765. The van der Waals surface area contributed by atoms with Crippen molar-refractivity contribution in [3.05, 3.63) is 18.5 Å². The van der Waals surface area contributed by atoms with Crippen LogP contribution in [-0.2, 0) is 6.54 Å². The van der Waals surface area contributed by atoms with Gasteiger partial charge in [0.15, 0.2) is 5.96 Å². The fourth-order valence-electron chi connectivity index (χ4n) is 3.08. The number of guanidine groups is 1. The second-order valence-electron chi connectivity index (χ2n) is 6.23. The maximum absolute atomic E-state index is 4.64. The van der Waals surface area contributed by atoms with Crippen molar-refractivity contribution in [1.29, 1.82) is 0 Å². The number of nitrogens with zero attached hydrogens (tertiary/aromatic N) is 4. The second-order valence-corrected chi connectivity index (χ2v) is 6.23. The highest BCUT2D eigenvalue weighted by Gasteiger charge is 2.18. The predicted octanol–water partition coefficient (Wildman–Crippen LogP) is 1.70. The number of likely N-dealkylation sites (N-methyl/N-ethyl adjacent to an activating group) is 1. The van der Waals surface area contributed by atoms with Crippen LogP contribution < -0.4 is 10.6 Å². The summed E-state index contributed by atoms with van der Waals surface area (Å²) in [5.74, 6) is 0.924. The molecule has 6 nitrogen and oxygen atoms in total. The van der Waals surface area contributed by atoms with Gasteiger partial charge >= 0.3 is 0 Å². The van der Waals surface area contributed by atoms with Crippen molar-refractivity contribution in [2.75, 3.05) is 33.2 Å². The summed E-state index contributed by atoms with van der Waals surface area (Å²) < 4.78 is 1.95. The van der Waals surface area contributed by atoms with Gasteiger partial charge in [0, 0.05) is 51.2 Å². The first-order valence-corrected chi connectivity index (χ1v) is 8.99. The van der Waals surface area contributed by atoms with Gasteiger partial charge in [0.2, 0.25) is 0 Å². The Morgan fingerprint density at radius 3 is 2.87 bits per heavy atom.